The van der Waals surface area contributed by atoms with Crippen molar-refractivity contribution in [3.05, 3.63) is 48.5 Å². The van der Waals surface area contributed by atoms with E-state index in [1.165, 1.54) is 12.1 Å². The zero-order valence-electron chi connectivity index (χ0n) is 10.6. The van der Waals surface area contributed by atoms with E-state index in [-0.39, 0.29) is 11.5 Å². The fourth-order valence-corrected chi connectivity index (χ4v) is 2.31. The molecule has 0 saturated carbocycles. The largest absolute Gasteiger partial charge is 0.480 e. The summed E-state index contributed by atoms with van der Waals surface area (Å²) in [5, 5.41) is 5.15. The summed E-state index contributed by atoms with van der Waals surface area (Å²) >= 11 is 0. The number of hydrogen-bond acceptors (Lipinski definition) is 3. The molecule has 102 valence electrons. The van der Waals surface area contributed by atoms with Crippen LogP contribution in [0.1, 0.15) is 0 Å². The maximum absolute atomic E-state index is 11.4. The van der Waals surface area contributed by atoms with Crippen LogP contribution in [-0.2, 0) is 10.0 Å². The van der Waals surface area contributed by atoms with Crippen LogP contribution in [0.5, 0.6) is 5.75 Å². The van der Waals surface area contributed by atoms with Crippen molar-refractivity contribution < 1.29 is 13.2 Å². The first-order chi connectivity index (χ1) is 9.52. The first-order valence-electron chi connectivity index (χ1n) is 5.81. The Labute approximate surface area is 118 Å². The summed E-state index contributed by atoms with van der Waals surface area (Å²) in [6.07, 6.45) is 5.17. The number of sulfonamides is 1. The van der Waals surface area contributed by atoms with Crippen molar-refractivity contribution in [1.82, 2.24) is 0 Å². The van der Waals surface area contributed by atoms with E-state index in [2.05, 4.69) is 5.92 Å². The molecule has 2 N–H and O–H groups in total. The minimum Gasteiger partial charge on any atom is -0.480 e. The second-order valence-corrected chi connectivity index (χ2v) is 5.62. The van der Waals surface area contributed by atoms with Crippen molar-refractivity contribution >= 4 is 10.0 Å². The Morgan fingerprint density at radius 2 is 1.85 bits per heavy atom. The van der Waals surface area contributed by atoms with Crippen molar-refractivity contribution in [2.45, 2.75) is 4.90 Å². The third-order valence-electron chi connectivity index (χ3n) is 2.68. The van der Waals surface area contributed by atoms with E-state index in [4.69, 9.17) is 16.3 Å². The SMILES string of the molecule is C#CCOc1ccc(S(N)(=O)=O)cc1-c1ccccc1. The van der Waals surface area contributed by atoms with E-state index in [0.29, 0.717) is 11.3 Å². The molecule has 0 amide bonds. The lowest BCUT2D eigenvalue weighted by atomic mass is 10.0. The molecule has 0 spiro atoms. The van der Waals surface area contributed by atoms with Gasteiger partial charge in [-0.1, -0.05) is 36.3 Å². The fourth-order valence-electron chi connectivity index (χ4n) is 1.77. The number of primary sulfonamides is 1. The third-order valence-corrected chi connectivity index (χ3v) is 3.59. The van der Waals surface area contributed by atoms with Gasteiger partial charge in [0.15, 0.2) is 0 Å². The van der Waals surface area contributed by atoms with Gasteiger partial charge in [-0.2, -0.15) is 0 Å². The van der Waals surface area contributed by atoms with E-state index in [1.54, 1.807) is 6.07 Å². The Balaban J connectivity index is 2.58. The zero-order chi connectivity index (χ0) is 14.6. The molecule has 2 rings (SSSR count). The van der Waals surface area contributed by atoms with Crippen molar-refractivity contribution in [3.8, 4) is 29.2 Å². The summed E-state index contributed by atoms with van der Waals surface area (Å²) in [5.74, 6) is 2.89. The van der Waals surface area contributed by atoms with Crippen molar-refractivity contribution in [2.75, 3.05) is 6.61 Å². The number of nitrogens with two attached hydrogens (primary N) is 1. The molecule has 0 heterocycles. The van der Waals surface area contributed by atoms with E-state index in [1.807, 2.05) is 30.3 Å². The molecular formula is C15H13NO3S. The number of ether oxygens (including phenoxy) is 1. The Bertz CT molecular complexity index is 746. The molecule has 0 aliphatic heterocycles. The van der Waals surface area contributed by atoms with Gasteiger partial charge in [0.2, 0.25) is 10.0 Å². The maximum atomic E-state index is 11.4. The normalized spacial score (nSPS) is 10.8. The summed E-state index contributed by atoms with van der Waals surface area (Å²) in [6, 6.07) is 13.7. The van der Waals surface area contributed by atoms with E-state index in [0.717, 1.165) is 5.56 Å². The van der Waals surface area contributed by atoms with Crippen LogP contribution in [0.3, 0.4) is 0 Å². The van der Waals surface area contributed by atoms with Crippen LogP contribution in [0.15, 0.2) is 53.4 Å². The lowest BCUT2D eigenvalue weighted by Crippen LogP contribution is -2.12. The molecular weight excluding hydrogens is 274 g/mol. The molecule has 2 aromatic rings. The lowest BCUT2D eigenvalue weighted by Gasteiger charge is -2.11. The Hall–Kier alpha value is -2.29. The molecule has 0 atom stereocenters. The zero-order valence-corrected chi connectivity index (χ0v) is 11.4. The predicted octanol–water partition coefficient (Wildman–Crippen LogP) is 2.01. The van der Waals surface area contributed by atoms with Crippen LogP contribution in [0, 0.1) is 12.3 Å². The van der Waals surface area contributed by atoms with Gasteiger partial charge >= 0.3 is 0 Å². The minimum atomic E-state index is -3.77. The topological polar surface area (TPSA) is 69.4 Å². The van der Waals surface area contributed by atoms with E-state index < -0.39 is 10.0 Å². The van der Waals surface area contributed by atoms with Crippen molar-refractivity contribution in [1.29, 1.82) is 0 Å². The fraction of sp³-hybridized carbons (Fsp3) is 0.0667. The first-order valence-corrected chi connectivity index (χ1v) is 7.35. The number of rotatable bonds is 4. The average molecular weight is 287 g/mol. The van der Waals surface area contributed by atoms with Crippen LogP contribution in [0.25, 0.3) is 11.1 Å². The standard InChI is InChI=1S/C15H13NO3S/c1-2-10-19-15-9-8-13(20(16,17)18)11-14(15)12-6-4-3-5-7-12/h1,3-9,11H,10H2,(H2,16,17,18). The molecule has 0 aromatic heterocycles. The molecule has 0 radical (unpaired) electrons. The highest BCUT2D eigenvalue weighted by Crippen LogP contribution is 2.32. The van der Waals surface area contributed by atoms with Crippen LogP contribution >= 0.6 is 0 Å². The molecule has 0 aliphatic rings. The summed E-state index contributed by atoms with van der Waals surface area (Å²) in [7, 11) is -3.77. The summed E-state index contributed by atoms with van der Waals surface area (Å²) < 4.78 is 28.3. The maximum Gasteiger partial charge on any atom is 0.238 e. The second kappa shape index (κ2) is 5.78. The Morgan fingerprint density at radius 1 is 1.15 bits per heavy atom. The van der Waals surface area contributed by atoms with Crippen LogP contribution in [0.2, 0.25) is 0 Å². The Kier molecular flexibility index (Phi) is 4.08. The smallest absolute Gasteiger partial charge is 0.238 e. The predicted molar refractivity (Wildman–Crippen MR) is 77.6 cm³/mol. The van der Waals surface area contributed by atoms with E-state index in [9.17, 15) is 8.42 Å². The summed E-state index contributed by atoms with van der Waals surface area (Å²) in [5.41, 5.74) is 1.46. The third kappa shape index (κ3) is 3.18. The molecule has 0 fully saturated rings. The number of benzene rings is 2. The van der Waals surface area contributed by atoms with Crippen molar-refractivity contribution in [2.24, 2.45) is 5.14 Å². The highest BCUT2D eigenvalue weighted by atomic mass is 32.2. The first kappa shape index (κ1) is 14.1. The molecule has 20 heavy (non-hydrogen) atoms. The van der Waals surface area contributed by atoms with Crippen LogP contribution in [-0.4, -0.2) is 15.0 Å². The molecule has 0 saturated heterocycles. The van der Waals surface area contributed by atoms with Gasteiger partial charge in [-0.25, -0.2) is 13.6 Å². The van der Waals surface area contributed by atoms with Gasteiger partial charge in [0.25, 0.3) is 0 Å². The molecule has 0 bridgehead atoms. The van der Waals surface area contributed by atoms with Gasteiger partial charge in [0.05, 0.1) is 4.90 Å². The molecule has 0 aliphatic carbocycles. The van der Waals surface area contributed by atoms with Gasteiger partial charge < -0.3 is 4.74 Å². The highest BCUT2D eigenvalue weighted by molar-refractivity contribution is 7.89. The quantitative estimate of drug-likeness (QED) is 0.875. The summed E-state index contributed by atoms with van der Waals surface area (Å²) in [6.45, 7) is 0.106. The van der Waals surface area contributed by atoms with E-state index >= 15 is 0 Å². The van der Waals surface area contributed by atoms with Gasteiger partial charge in [-0.15, -0.1) is 6.42 Å². The number of hydrogen-bond donors (Lipinski definition) is 1. The number of terminal acetylenes is 1. The second-order valence-electron chi connectivity index (χ2n) is 4.06. The summed E-state index contributed by atoms with van der Waals surface area (Å²) in [4.78, 5) is 0.0319. The van der Waals surface area contributed by atoms with Crippen LogP contribution < -0.4 is 9.88 Å². The van der Waals surface area contributed by atoms with Gasteiger partial charge in [0.1, 0.15) is 12.4 Å². The molecule has 5 heteroatoms. The highest BCUT2D eigenvalue weighted by Gasteiger charge is 2.13. The van der Waals surface area contributed by atoms with Gasteiger partial charge in [-0.3, -0.25) is 0 Å². The Morgan fingerprint density at radius 3 is 2.45 bits per heavy atom. The lowest BCUT2D eigenvalue weighted by molar-refractivity contribution is 0.371. The molecule has 2 aromatic carbocycles. The van der Waals surface area contributed by atoms with Gasteiger partial charge in [0, 0.05) is 5.56 Å². The van der Waals surface area contributed by atoms with Crippen molar-refractivity contribution in [3.63, 3.8) is 0 Å². The van der Waals surface area contributed by atoms with Crippen LogP contribution in [0.4, 0.5) is 0 Å². The minimum absolute atomic E-state index is 0.0319. The molecule has 4 nitrogen and oxygen atoms in total. The average Bonchev–Trinajstić information content (AvgIpc) is 2.45. The molecule has 0 unspecified atom stereocenters. The monoisotopic (exact) mass is 287 g/mol. The van der Waals surface area contributed by atoms with Gasteiger partial charge in [-0.05, 0) is 23.8 Å².